The Labute approximate surface area is 486 Å². The highest BCUT2D eigenvalue weighted by molar-refractivity contribution is 5.93. The van der Waals surface area contributed by atoms with E-state index in [0.29, 0.717) is 87.5 Å². The molecule has 458 valence electrons. The Kier molecular flexibility index (Phi) is 36.5. The second kappa shape index (κ2) is 41.0. The zero-order valence-corrected chi connectivity index (χ0v) is 50.5. The van der Waals surface area contributed by atoms with Gasteiger partial charge in [-0.3, -0.25) is 28.8 Å². The molecule has 0 radical (unpaired) electrons. The first kappa shape index (κ1) is 73.0. The van der Waals surface area contributed by atoms with Crippen molar-refractivity contribution in [3.63, 3.8) is 0 Å². The number of nitrogens with one attached hydrogen (secondary N) is 4. The summed E-state index contributed by atoms with van der Waals surface area (Å²) in [5.74, 6) is -0.715. The maximum Gasteiger partial charge on any atom is 0.409 e. The van der Waals surface area contributed by atoms with Crippen molar-refractivity contribution in [1.29, 1.82) is 0 Å². The van der Waals surface area contributed by atoms with Crippen LogP contribution >= 0.6 is 0 Å². The van der Waals surface area contributed by atoms with Gasteiger partial charge in [0, 0.05) is 98.6 Å². The van der Waals surface area contributed by atoms with Crippen molar-refractivity contribution in [2.45, 2.75) is 177 Å². The molecule has 21 nitrogen and oxygen atoms in total. The number of ether oxygens (including phenoxy) is 2. The maximum absolute atomic E-state index is 13.4. The molecule has 0 heterocycles. The van der Waals surface area contributed by atoms with Crippen molar-refractivity contribution < 1.29 is 62.2 Å². The quantitative estimate of drug-likeness (QED) is 0.0294. The van der Waals surface area contributed by atoms with Gasteiger partial charge in [0.1, 0.15) is 30.6 Å². The van der Waals surface area contributed by atoms with E-state index in [1.54, 1.807) is 45.3 Å². The molecule has 0 saturated heterocycles. The van der Waals surface area contributed by atoms with Crippen LogP contribution in [-0.2, 0) is 73.9 Å². The van der Waals surface area contributed by atoms with E-state index in [1.807, 2.05) is 38.1 Å². The number of esters is 1. The summed E-state index contributed by atoms with van der Waals surface area (Å²) in [7, 11) is 3.24. The van der Waals surface area contributed by atoms with Gasteiger partial charge in [0.25, 0.3) is 0 Å². The number of nitrogens with two attached hydrogens (primary N) is 2. The minimum atomic E-state index is -0.852. The largest absolute Gasteiger partial charge is 0.461 e. The smallest absolute Gasteiger partial charge is 0.409 e. The number of nitrogens with zero attached hydrogens (tertiary/aromatic N) is 2. The molecule has 0 spiro atoms. The van der Waals surface area contributed by atoms with E-state index in [4.69, 9.17) is 20.9 Å². The lowest BCUT2D eigenvalue weighted by Crippen LogP contribution is -2.46. The van der Waals surface area contributed by atoms with E-state index in [1.165, 1.54) is 30.6 Å². The maximum atomic E-state index is 13.4. The van der Waals surface area contributed by atoms with Gasteiger partial charge in [-0.05, 0) is 105 Å². The molecule has 21 heteroatoms. The lowest BCUT2D eigenvalue weighted by Gasteiger charge is -2.25. The molecular formula is C61H96N8O13. The van der Waals surface area contributed by atoms with E-state index in [0.717, 1.165) is 43.4 Å². The first-order valence-corrected chi connectivity index (χ1v) is 28.7. The predicted molar refractivity (Wildman–Crippen MR) is 314 cm³/mol. The third-order valence-electron chi connectivity index (χ3n) is 14.0. The summed E-state index contributed by atoms with van der Waals surface area (Å²) in [5.41, 5.74) is 13.5. The van der Waals surface area contributed by atoms with Crippen LogP contribution in [-0.4, -0.2) is 134 Å². The second-order valence-electron chi connectivity index (χ2n) is 22.0. The number of primary amides is 2. The lowest BCUT2D eigenvalue weighted by molar-refractivity contribution is -0.142. The molecular weight excluding hydrogens is 1050 g/mol. The number of urea groups is 2. The highest BCUT2D eigenvalue weighted by atomic mass is 16.6. The molecule has 0 aliphatic rings. The van der Waals surface area contributed by atoms with Crippen molar-refractivity contribution in [3.8, 4) is 0 Å². The number of unbranched alkanes of at least 4 members (excludes halogenated alkanes) is 2. The van der Waals surface area contributed by atoms with Crippen LogP contribution in [0.15, 0.2) is 48.5 Å². The topological polar surface area (TPSA) is 313 Å². The van der Waals surface area contributed by atoms with Gasteiger partial charge in [-0.2, -0.15) is 0 Å². The van der Waals surface area contributed by atoms with Crippen molar-refractivity contribution in [2.24, 2.45) is 35.1 Å². The van der Waals surface area contributed by atoms with E-state index in [-0.39, 0.29) is 98.2 Å². The van der Waals surface area contributed by atoms with Crippen LogP contribution in [0.4, 0.5) is 14.4 Å². The van der Waals surface area contributed by atoms with Gasteiger partial charge >= 0.3 is 24.1 Å². The van der Waals surface area contributed by atoms with E-state index in [2.05, 4.69) is 35.1 Å². The second-order valence-corrected chi connectivity index (χ2v) is 22.0. The van der Waals surface area contributed by atoms with E-state index in [9.17, 15) is 52.7 Å². The van der Waals surface area contributed by atoms with Crippen LogP contribution in [0.3, 0.4) is 0 Å². The first-order chi connectivity index (χ1) is 38.7. The normalized spacial score (nSPS) is 12.3. The Morgan fingerprint density at radius 2 is 1.01 bits per heavy atom. The molecule has 0 saturated carbocycles. The van der Waals surface area contributed by atoms with Crippen molar-refractivity contribution in [1.82, 2.24) is 31.1 Å². The summed E-state index contributed by atoms with van der Waals surface area (Å²) >= 11 is 0. The van der Waals surface area contributed by atoms with Gasteiger partial charge in [-0.25, -0.2) is 14.4 Å². The third kappa shape index (κ3) is 34.3. The van der Waals surface area contributed by atoms with Crippen LogP contribution in [0.1, 0.15) is 161 Å². The zero-order chi connectivity index (χ0) is 61.7. The van der Waals surface area contributed by atoms with Gasteiger partial charge in [-0.15, -0.1) is 0 Å². The summed E-state index contributed by atoms with van der Waals surface area (Å²) in [6, 6.07) is 12.1. The zero-order valence-electron chi connectivity index (χ0n) is 50.5. The Hall–Kier alpha value is -7.03. The Morgan fingerprint density at radius 1 is 0.537 bits per heavy atom. The highest BCUT2D eigenvalue weighted by Gasteiger charge is 2.29. The fourth-order valence-electron chi connectivity index (χ4n) is 8.58. The molecule has 2 aromatic rings. The van der Waals surface area contributed by atoms with Gasteiger partial charge in [0.15, 0.2) is 11.6 Å². The molecule has 8 N–H and O–H groups in total. The van der Waals surface area contributed by atoms with Crippen molar-refractivity contribution in [3.05, 3.63) is 70.8 Å². The van der Waals surface area contributed by atoms with Crippen LogP contribution in [0, 0.1) is 23.7 Å². The van der Waals surface area contributed by atoms with Crippen LogP contribution in [0.5, 0.6) is 0 Å². The predicted octanol–water partition coefficient (Wildman–Crippen LogP) is 6.85. The molecule has 0 fully saturated rings. The summed E-state index contributed by atoms with van der Waals surface area (Å²) in [6.45, 7) is 16.3. The number of carbonyl (C=O) groups is 11. The average molecular weight is 1150 g/mol. The van der Waals surface area contributed by atoms with Gasteiger partial charge in [-0.1, -0.05) is 89.1 Å². The number of benzene rings is 2. The number of Topliss-reactive ketones (excluding diaryl/α,β-unsaturated/α-hetero) is 5. The summed E-state index contributed by atoms with van der Waals surface area (Å²) < 4.78 is 10.4. The van der Waals surface area contributed by atoms with E-state index >= 15 is 0 Å². The molecule has 4 atom stereocenters. The van der Waals surface area contributed by atoms with Gasteiger partial charge in [0.05, 0.1) is 12.1 Å². The number of amides is 7. The molecule has 0 bridgehead atoms. The van der Waals surface area contributed by atoms with Crippen LogP contribution in [0.2, 0.25) is 0 Å². The van der Waals surface area contributed by atoms with Crippen molar-refractivity contribution >= 4 is 64.9 Å². The Bertz CT molecular complexity index is 2340. The Balaban J connectivity index is 0.000000845. The van der Waals surface area contributed by atoms with Crippen LogP contribution < -0.4 is 32.7 Å². The number of rotatable bonds is 40. The highest BCUT2D eigenvalue weighted by Crippen LogP contribution is 2.21. The molecule has 2 rings (SSSR count). The fraction of sp³-hybridized carbons (Fsp3) is 0.623. The van der Waals surface area contributed by atoms with E-state index < -0.39 is 36.0 Å². The third-order valence-corrected chi connectivity index (χ3v) is 14.0. The summed E-state index contributed by atoms with van der Waals surface area (Å²) in [5, 5.41) is 11.4. The number of ketones is 5. The first-order valence-electron chi connectivity index (χ1n) is 28.7. The van der Waals surface area contributed by atoms with Crippen LogP contribution in [0.25, 0.3) is 0 Å². The summed E-state index contributed by atoms with van der Waals surface area (Å²) in [4.78, 5) is 134. The minimum Gasteiger partial charge on any atom is -0.461 e. The number of carbonyl (C=O) groups excluding carboxylic acids is 11. The molecule has 82 heavy (non-hydrogen) atoms. The average Bonchev–Trinajstić information content (AvgIpc) is 3.45. The fourth-order valence-corrected chi connectivity index (χ4v) is 8.58. The molecule has 0 aliphatic heterocycles. The molecule has 0 aromatic heterocycles. The Morgan fingerprint density at radius 3 is 1.49 bits per heavy atom. The van der Waals surface area contributed by atoms with Gasteiger partial charge < -0.3 is 61.6 Å². The molecule has 7 amide bonds. The van der Waals surface area contributed by atoms with Gasteiger partial charge in [0.2, 0.25) is 11.8 Å². The SMILES string of the molecule is CC(=O)CCCC(=O)C[C@H](C(=O)N[C@@H](CCCNC(N)=O)C(=O)Cc1ccc(COC(=O)N(C)CCN(C)C(C)=O)cc1)C(C)C.CC(=O)CCCCC[C@H](CN[C@@H](CCCNC(N)=O)C(=O)Cc1ccc(COC(C)=O)cc1)C(C)C. The molecule has 0 aliphatic carbocycles. The number of likely N-dealkylation sites (N-methyl/N-ethyl adjacent to an activating group) is 2. The molecule has 2 aromatic carbocycles. The van der Waals surface area contributed by atoms with Crippen molar-refractivity contribution in [2.75, 3.05) is 46.8 Å². The summed E-state index contributed by atoms with van der Waals surface area (Å²) in [6.07, 6.45) is 7.40. The number of hydrogen-bond acceptors (Lipinski definition) is 14. The number of hydrogen-bond donors (Lipinski definition) is 6. The molecule has 0 unspecified atom stereocenters. The lowest BCUT2D eigenvalue weighted by atomic mass is 9.88. The minimum absolute atomic E-state index is 0.00559. The standard InChI is InChI=1S/C33H51N5O8.C28H45N3O5/c1-22(2)28(20-27(41)10-7-9-23(3)39)31(43)36-29(11-8-16-35-32(34)44)30(42)19-25-12-14-26(15-13-25)21-46-33(45)38(6)18-17-37(5)24(4)40;1-20(2)25(10-7-5-6-9-21(3)32)18-31-26(11-8-16-30-28(29)35)27(34)17-23-12-14-24(15-13-23)19-36-22(4)33/h12-15,22,28-29H,7-11,16-21H2,1-6H3,(H,36,43)(H3,34,35,44);12-15,20,25-26,31H,5-11,16-19H2,1-4H3,(H3,29,30,35)/t28-,29-;25-,26+/m01/s1. The monoisotopic (exact) mass is 1150 g/mol.